The number of hydrogen-bond donors (Lipinski definition) is 2. The average molecular weight is 297 g/mol. The largest absolute Gasteiger partial charge is 0.392 e. The van der Waals surface area contributed by atoms with E-state index in [9.17, 15) is 8.42 Å². The van der Waals surface area contributed by atoms with Gasteiger partial charge < -0.3 is 5.11 Å². The minimum atomic E-state index is -3.47. The fraction of sp³-hybridized carbons (Fsp3) is 0.231. The number of benzene rings is 1. The van der Waals surface area contributed by atoms with Crippen molar-refractivity contribution in [3.8, 4) is 0 Å². The maximum atomic E-state index is 12.0. The van der Waals surface area contributed by atoms with Crippen molar-refractivity contribution in [2.24, 2.45) is 0 Å². The molecule has 0 aliphatic heterocycles. The van der Waals surface area contributed by atoms with Gasteiger partial charge in [-0.2, -0.15) is 11.3 Å². The van der Waals surface area contributed by atoms with Crippen LogP contribution in [0.1, 0.15) is 11.1 Å². The summed E-state index contributed by atoms with van der Waals surface area (Å²) in [6, 6.07) is 8.19. The van der Waals surface area contributed by atoms with Crippen molar-refractivity contribution >= 4 is 21.4 Å². The molecule has 0 fully saturated rings. The molecule has 0 bridgehead atoms. The molecular formula is C13H15NO3S2. The van der Waals surface area contributed by atoms with E-state index in [-0.39, 0.29) is 11.5 Å². The summed E-state index contributed by atoms with van der Waals surface area (Å²) in [5.41, 5.74) is 1.82. The second-order valence-corrected chi connectivity index (χ2v) is 6.63. The molecule has 0 atom stereocenters. The number of hydrogen-bond acceptors (Lipinski definition) is 4. The predicted molar refractivity (Wildman–Crippen MR) is 75.6 cm³/mol. The second-order valence-electron chi connectivity index (χ2n) is 4.08. The Bertz CT molecular complexity index is 604. The Labute approximate surface area is 116 Å². The van der Waals surface area contributed by atoms with Crippen LogP contribution in [0.4, 0.5) is 0 Å². The molecule has 1 heterocycles. The molecule has 0 amide bonds. The van der Waals surface area contributed by atoms with Gasteiger partial charge in [-0.05, 0) is 46.5 Å². The number of aliphatic hydroxyl groups is 1. The molecule has 0 saturated heterocycles. The van der Waals surface area contributed by atoms with Crippen molar-refractivity contribution in [3.05, 3.63) is 52.2 Å². The maximum Gasteiger partial charge on any atom is 0.240 e. The van der Waals surface area contributed by atoms with Crippen molar-refractivity contribution in [1.82, 2.24) is 4.72 Å². The molecule has 2 aromatic rings. The van der Waals surface area contributed by atoms with Crippen LogP contribution in [0.15, 0.2) is 46.0 Å². The van der Waals surface area contributed by atoms with Gasteiger partial charge in [0.25, 0.3) is 0 Å². The molecule has 2 rings (SSSR count). The normalized spacial score (nSPS) is 11.6. The highest BCUT2D eigenvalue weighted by molar-refractivity contribution is 7.89. The topological polar surface area (TPSA) is 66.4 Å². The van der Waals surface area contributed by atoms with E-state index in [1.807, 2.05) is 16.8 Å². The lowest BCUT2D eigenvalue weighted by Gasteiger charge is -2.06. The molecule has 0 aliphatic carbocycles. The minimum Gasteiger partial charge on any atom is -0.392 e. The third kappa shape index (κ3) is 3.87. The third-order valence-corrected chi connectivity index (χ3v) is 4.91. The molecule has 6 heteroatoms. The fourth-order valence-corrected chi connectivity index (χ4v) is 3.36. The molecular weight excluding hydrogens is 282 g/mol. The molecule has 2 N–H and O–H groups in total. The first-order valence-electron chi connectivity index (χ1n) is 5.82. The van der Waals surface area contributed by atoms with Crippen LogP contribution in [0, 0.1) is 0 Å². The van der Waals surface area contributed by atoms with E-state index in [1.165, 1.54) is 12.1 Å². The summed E-state index contributed by atoms with van der Waals surface area (Å²) in [7, 11) is -3.47. The molecule has 1 aromatic carbocycles. The SMILES string of the molecule is O=S(=O)(NCCc1ccsc1)c1ccc(CO)cc1. The van der Waals surface area contributed by atoms with Crippen LogP contribution in [-0.2, 0) is 23.1 Å². The summed E-state index contributed by atoms with van der Waals surface area (Å²) in [5, 5.41) is 12.9. The van der Waals surface area contributed by atoms with Gasteiger partial charge in [0.2, 0.25) is 10.0 Å². The first kappa shape index (κ1) is 14.2. The lowest BCUT2D eigenvalue weighted by molar-refractivity contribution is 0.282. The molecule has 4 nitrogen and oxygen atoms in total. The van der Waals surface area contributed by atoms with Crippen LogP contribution < -0.4 is 4.72 Å². The van der Waals surface area contributed by atoms with Crippen LogP contribution in [-0.4, -0.2) is 20.1 Å². The molecule has 1 aromatic heterocycles. The Hall–Kier alpha value is -1.21. The van der Waals surface area contributed by atoms with Gasteiger partial charge in [-0.3, -0.25) is 0 Å². The number of rotatable bonds is 6. The predicted octanol–water partition coefficient (Wildman–Crippen LogP) is 1.76. The summed E-state index contributed by atoms with van der Waals surface area (Å²) in [6.07, 6.45) is 0.678. The maximum absolute atomic E-state index is 12.0. The number of thiophene rings is 1. The molecule has 19 heavy (non-hydrogen) atoms. The van der Waals surface area contributed by atoms with Gasteiger partial charge in [-0.1, -0.05) is 12.1 Å². The molecule has 102 valence electrons. The Morgan fingerprint density at radius 2 is 1.84 bits per heavy atom. The van der Waals surface area contributed by atoms with Crippen molar-refractivity contribution in [1.29, 1.82) is 0 Å². The summed E-state index contributed by atoms with van der Waals surface area (Å²) >= 11 is 1.60. The molecule has 0 aliphatic rings. The number of aliphatic hydroxyl groups excluding tert-OH is 1. The van der Waals surface area contributed by atoms with Crippen LogP contribution in [0.25, 0.3) is 0 Å². The van der Waals surface area contributed by atoms with Crippen LogP contribution in [0.2, 0.25) is 0 Å². The van der Waals surface area contributed by atoms with Crippen LogP contribution in [0.5, 0.6) is 0 Å². The monoisotopic (exact) mass is 297 g/mol. The zero-order chi connectivity index (χ0) is 13.7. The van der Waals surface area contributed by atoms with Gasteiger partial charge in [0.15, 0.2) is 0 Å². The van der Waals surface area contributed by atoms with E-state index in [0.29, 0.717) is 18.5 Å². The van der Waals surface area contributed by atoms with Crippen molar-refractivity contribution in [2.45, 2.75) is 17.9 Å². The molecule has 0 saturated carbocycles. The fourth-order valence-electron chi connectivity index (χ4n) is 1.62. The van der Waals surface area contributed by atoms with Gasteiger partial charge in [0.05, 0.1) is 11.5 Å². The van der Waals surface area contributed by atoms with Crippen LogP contribution in [0.3, 0.4) is 0 Å². The highest BCUT2D eigenvalue weighted by atomic mass is 32.2. The van der Waals surface area contributed by atoms with Gasteiger partial charge in [0.1, 0.15) is 0 Å². The lowest BCUT2D eigenvalue weighted by Crippen LogP contribution is -2.25. The van der Waals surface area contributed by atoms with Crippen LogP contribution >= 0.6 is 11.3 Å². The van der Waals surface area contributed by atoms with Gasteiger partial charge in [-0.25, -0.2) is 13.1 Å². The average Bonchev–Trinajstić information content (AvgIpc) is 2.92. The zero-order valence-electron chi connectivity index (χ0n) is 10.2. The van der Waals surface area contributed by atoms with E-state index in [4.69, 9.17) is 5.11 Å². The smallest absolute Gasteiger partial charge is 0.240 e. The quantitative estimate of drug-likeness (QED) is 0.854. The van der Waals surface area contributed by atoms with E-state index in [1.54, 1.807) is 23.5 Å². The van der Waals surface area contributed by atoms with E-state index in [2.05, 4.69) is 4.72 Å². The Morgan fingerprint density at radius 3 is 2.42 bits per heavy atom. The first-order chi connectivity index (χ1) is 9.12. The number of sulfonamides is 1. The minimum absolute atomic E-state index is 0.0914. The Morgan fingerprint density at radius 1 is 1.11 bits per heavy atom. The molecule has 0 unspecified atom stereocenters. The molecule has 0 spiro atoms. The van der Waals surface area contributed by atoms with E-state index in [0.717, 1.165) is 5.56 Å². The second kappa shape index (κ2) is 6.29. The lowest BCUT2D eigenvalue weighted by atomic mass is 10.2. The summed E-state index contributed by atoms with van der Waals surface area (Å²) in [5.74, 6) is 0. The Balaban J connectivity index is 1.97. The summed E-state index contributed by atoms with van der Waals surface area (Å²) in [6.45, 7) is 0.284. The van der Waals surface area contributed by atoms with Crippen molar-refractivity contribution in [2.75, 3.05) is 6.54 Å². The van der Waals surface area contributed by atoms with Crippen molar-refractivity contribution in [3.63, 3.8) is 0 Å². The van der Waals surface area contributed by atoms with Gasteiger partial charge in [-0.15, -0.1) is 0 Å². The molecule has 0 radical (unpaired) electrons. The zero-order valence-corrected chi connectivity index (χ0v) is 11.9. The van der Waals surface area contributed by atoms with E-state index >= 15 is 0 Å². The highest BCUT2D eigenvalue weighted by Gasteiger charge is 2.12. The summed E-state index contributed by atoms with van der Waals surface area (Å²) in [4.78, 5) is 0.218. The van der Waals surface area contributed by atoms with E-state index < -0.39 is 10.0 Å². The van der Waals surface area contributed by atoms with Gasteiger partial charge >= 0.3 is 0 Å². The van der Waals surface area contributed by atoms with Crippen molar-refractivity contribution < 1.29 is 13.5 Å². The Kier molecular flexibility index (Phi) is 4.71. The van der Waals surface area contributed by atoms with Gasteiger partial charge in [0, 0.05) is 6.54 Å². The number of nitrogens with one attached hydrogen (secondary N) is 1. The highest BCUT2D eigenvalue weighted by Crippen LogP contribution is 2.11. The standard InChI is InChI=1S/C13H15NO3S2/c15-9-11-1-3-13(4-2-11)19(16,17)14-7-5-12-6-8-18-10-12/h1-4,6,8,10,14-15H,5,7,9H2. The summed E-state index contributed by atoms with van der Waals surface area (Å²) < 4.78 is 26.5. The first-order valence-corrected chi connectivity index (χ1v) is 8.25. The third-order valence-electron chi connectivity index (χ3n) is 2.70.